The van der Waals surface area contributed by atoms with Crippen LogP contribution in [-0.2, 0) is 4.79 Å². The van der Waals surface area contributed by atoms with E-state index in [-0.39, 0.29) is 5.91 Å². The summed E-state index contributed by atoms with van der Waals surface area (Å²) < 4.78 is 5.73. The number of anilines is 1. The van der Waals surface area contributed by atoms with Crippen LogP contribution < -0.4 is 5.32 Å². The molecule has 1 amide bonds. The molecule has 0 aliphatic heterocycles. The van der Waals surface area contributed by atoms with Gasteiger partial charge in [0.05, 0.1) is 0 Å². The van der Waals surface area contributed by atoms with E-state index in [0.29, 0.717) is 28.8 Å². The van der Waals surface area contributed by atoms with Crippen LogP contribution in [0, 0.1) is 5.92 Å². The topological polar surface area (TPSA) is 55.1 Å². The summed E-state index contributed by atoms with van der Waals surface area (Å²) in [5, 5.41) is 3.50. The van der Waals surface area contributed by atoms with E-state index < -0.39 is 0 Å². The molecule has 1 N–H and O–H groups in total. The highest BCUT2D eigenvalue weighted by atomic mass is 35.5. The van der Waals surface area contributed by atoms with Gasteiger partial charge in [0.15, 0.2) is 5.58 Å². The van der Waals surface area contributed by atoms with Crippen LogP contribution in [0.1, 0.15) is 20.3 Å². The number of carbonyl (C=O) groups is 1. The fraction of sp³-hybridized carbons (Fsp3) is 0.222. The number of hydrogen-bond acceptors (Lipinski definition) is 3. The van der Waals surface area contributed by atoms with Gasteiger partial charge in [-0.15, -0.1) is 0 Å². The Bertz CT molecular complexity index is 838. The zero-order valence-electron chi connectivity index (χ0n) is 13.0. The molecule has 3 aromatic rings. The highest BCUT2D eigenvalue weighted by Gasteiger charge is 2.09. The van der Waals surface area contributed by atoms with Gasteiger partial charge in [-0.2, -0.15) is 0 Å². The third-order valence-electron chi connectivity index (χ3n) is 3.36. The normalized spacial score (nSPS) is 11.1. The van der Waals surface area contributed by atoms with Crippen LogP contribution in [0.4, 0.5) is 5.69 Å². The minimum absolute atomic E-state index is 0.0178. The van der Waals surface area contributed by atoms with Crippen molar-refractivity contribution in [2.45, 2.75) is 20.3 Å². The number of halogens is 1. The largest absolute Gasteiger partial charge is 0.436 e. The third-order valence-corrected chi connectivity index (χ3v) is 3.59. The number of fused-ring (bicyclic) bond motifs is 1. The van der Waals surface area contributed by atoms with Crippen molar-refractivity contribution in [3.8, 4) is 11.5 Å². The quantitative estimate of drug-likeness (QED) is 0.722. The van der Waals surface area contributed by atoms with Crippen LogP contribution in [0.5, 0.6) is 0 Å². The van der Waals surface area contributed by atoms with E-state index in [0.717, 1.165) is 16.8 Å². The minimum atomic E-state index is 0.0178. The number of carbonyl (C=O) groups excluding carboxylic acids is 1. The summed E-state index contributed by atoms with van der Waals surface area (Å²) in [5.41, 5.74) is 3.03. The maximum atomic E-state index is 11.8. The fourth-order valence-corrected chi connectivity index (χ4v) is 2.47. The molecule has 3 rings (SSSR count). The number of aromatic nitrogens is 1. The predicted octanol–water partition coefficient (Wildman–Crippen LogP) is 5.13. The van der Waals surface area contributed by atoms with Crippen LogP contribution in [0.3, 0.4) is 0 Å². The molecule has 0 aliphatic rings. The van der Waals surface area contributed by atoms with Gasteiger partial charge >= 0.3 is 0 Å². The molecule has 0 unspecified atom stereocenters. The summed E-state index contributed by atoms with van der Waals surface area (Å²) in [4.78, 5) is 16.2. The van der Waals surface area contributed by atoms with Crippen LogP contribution in [0.25, 0.3) is 22.6 Å². The molecule has 1 aromatic heterocycles. The summed E-state index contributed by atoms with van der Waals surface area (Å²) >= 11 is 5.96. The summed E-state index contributed by atoms with van der Waals surface area (Å²) in [6.07, 6.45) is 0.508. The second-order valence-electron chi connectivity index (χ2n) is 5.85. The van der Waals surface area contributed by atoms with Crippen molar-refractivity contribution >= 4 is 34.3 Å². The Morgan fingerprint density at radius 1 is 1.22 bits per heavy atom. The van der Waals surface area contributed by atoms with E-state index in [1.54, 1.807) is 18.2 Å². The number of oxazole rings is 1. The van der Waals surface area contributed by atoms with Crippen molar-refractivity contribution in [1.29, 1.82) is 0 Å². The Morgan fingerprint density at radius 2 is 1.96 bits per heavy atom. The average molecular weight is 329 g/mol. The van der Waals surface area contributed by atoms with Gasteiger partial charge in [-0.25, -0.2) is 4.98 Å². The Balaban J connectivity index is 1.79. The summed E-state index contributed by atoms with van der Waals surface area (Å²) in [5.74, 6) is 0.882. The van der Waals surface area contributed by atoms with Gasteiger partial charge in [-0.1, -0.05) is 25.4 Å². The molecule has 1 heterocycles. The molecule has 0 saturated carbocycles. The van der Waals surface area contributed by atoms with Gasteiger partial charge in [0.25, 0.3) is 0 Å². The van der Waals surface area contributed by atoms with Crippen molar-refractivity contribution in [3.63, 3.8) is 0 Å². The van der Waals surface area contributed by atoms with E-state index >= 15 is 0 Å². The first-order valence-electron chi connectivity index (χ1n) is 7.47. The second kappa shape index (κ2) is 6.42. The van der Waals surface area contributed by atoms with E-state index in [1.165, 1.54) is 0 Å². The third kappa shape index (κ3) is 3.71. The van der Waals surface area contributed by atoms with Gasteiger partial charge in [0, 0.05) is 22.7 Å². The zero-order valence-corrected chi connectivity index (χ0v) is 13.7. The SMILES string of the molecule is CC(C)CC(=O)Nc1ccc(-c2nc3cc(Cl)ccc3o2)cc1. The number of amides is 1. The Kier molecular flexibility index (Phi) is 4.35. The van der Waals surface area contributed by atoms with Crippen LogP contribution in [0.2, 0.25) is 5.02 Å². The van der Waals surface area contributed by atoms with Gasteiger partial charge in [0.1, 0.15) is 5.52 Å². The number of nitrogens with one attached hydrogen (secondary N) is 1. The lowest BCUT2D eigenvalue weighted by atomic mass is 10.1. The summed E-state index contributed by atoms with van der Waals surface area (Å²) in [6.45, 7) is 4.03. The lowest BCUT2D eigenvalue weighted by molar-refractivity contribution is -0.116. The first kappa shape index (κ1) is 15.6. The monoisotopic (exact) mass is 328 g/mol. The number of benzene rings is 2. The molecular formula is C18H17ClN2O2. The van der Waals surface area contributed by atoms with Gasteiger partial charge < -0.3 is 9.73 Å². The Morgan fingerprint density at radius 3 is 2.65 bits per heavy atom. The molecular weight excluding hydrogens is 312 g/mol. The number of hydrogen-bond donors (Lipinski definition) is 1. The molecule has 0 aliphatic carbocycles. The molecule has 4 nitrogen and oxygen atoms in total. The minimum Gasteiger partial charge on any atom is -0.436 e. The Labute approximate surface area is 139 Å². The maximum absolute atomic E-state index is 11.8. The first-order chi connectivity index (χ1) is 11.0. The molecule has 0 spiro atoms. The molecule has 0 radical (unpaired) electrons. The zero-order chi connectivity index (χ0) is 16.4. The summed E-state index contributed by atoms with van der Waals surface area (Å²) in [7, 11) is 0. The first-order valence-corrected chi connectivity index (χ1v) is 7.85. The smallest absolute Gasteiger partial charge is 0.227 e. The number of rotatable bonds is 4. The van der Waals surface area contributed by atoms with Gasteiger partial charge in [-0.05, 0) is 48.4 Å². The standard InChI is InChI=1S/C18H17ClN2O2/c1-11(2)9-17(22)20-14-6-3-12(4-7-14)18-21-15-10-13(19)5-8-16(15)23-18/h3-8,10-11H,9H2,1-2H3,(H,20,22). The molecule has 5 heteroatoms. The van der Waals surface area contributed by atoms with Crippen molar-refractivity contribution in [2.75, 3.05) is 5.32 Å². The van der Waals surface area contributed by atoms with E-state index in [4.69, 9.17) is 16.0 Å². The van der Waals surface area contributed by atoms with E-state index in [9.17, 15) is 4.79 Å². The molecule has 118 valence electrons. The van der Waals surface area contributed by atoms with Crippen LogP contribution in [0.15, 0.2) is 46.9 Å². The van der Waals surface area contributed by atoms with Crippen LogP contribution >= 0.6 is 11.6 Å². The number of nitrogens with zero attached hydrogens (tertiary/aromatic N) is 1. The molecule has 0 saturated heterocycles. The van der Waals surface area contributed by atoms with Gasteiger partial charge in [-0.3, -0.25) is 4.79 Å². The van der Waals surface area contributed by atoms with E-state index in [2.05, 4.69) is 10.3 Å². The lowest BCUT2D eigenvalue weighted by Crippen LogP contribution is -2.13. The highest BCUT2D eigenvalue weighted by Crippen LogP contribution is 2.27. The van der Waals surface area contributed by atoms with Crippen molar-refractivity contribution < 1.29 is 9.21 Å². The van der Waals surface area contributed by atoms with E-state index in [1.807, 2.05) is 38.1 Å². The van der Waals surface area contributed by atoms with Crippen LogP contribution in [-0.4, -0.2) is 10.9 Å². The second-order valence-corrected chi connectivity index (χ2v) is 6.29. The molecule has 0 bridgehead atoms. The molecule has 0 atom stereocenters. The lowest BCUT2D eigenvalue weighted by Gasteiger charge is -2.07. The fourth-order valence-electron chi connectivity index (χ4n) is 2.30. The van der Waals surface area contributed by atoms with Crippen molar-refractivity contribution in [3.05, 3.63) is 47.5 Å². The molecule has 23 heavy (non-hydrogen) atoms. The summed E-state index contributed by atoms with van der Waals surface area (Å²) in [6, 6.07) is 12.8. The van der Waals surface area contributed by atoms with Gasteiger partial charge in [0.2, 0.25) is 11.8 Å². The maximum Gasteiger partial charge on any atom is 0.227 e. The van der Waals surface area contributed by atoms with Crippen molar-refractivity contribution in [1.82, 2.24) is 4.98 Å². The predicted molar refractivity (Wildman–Crippen MR) is 92.5 cm³/mol. The van der Waals surface area contributed by atoms with Crippen molar-refractivity contribution in [2.24, 2.45) is 5.92 Å². The average Bonchev–Trinajstić information content (AvgIpc) is 2.90. The Hall–Kier alpha value is -2.33. The molecule has 2 aromatic carbocycles. The highest BCUT2D eigenvalue weighted by molar-refractivity contribution is 6.31. The molecule has 0 fully saturated rings.